The highest BCUT2D eigenvalue weighted by molar-refractivity contribution is 8.00. The predicted molar refractivity (Wildman–Crippen MR) is 116 cm³/mol. The van der Waals surface area contributed by atoms with Crippen molar-refractivity contribution in [2.24, 2.45) is 7.05 Å². The standard InChI is InChI=1S/C21H25N5O2S/c1-14-7-5-6-8-18(14)23-20(27)15(2)29-21-25-24-19(26(21)3)13-22-16-9-11-17(28-4)12-10-16/h5-12,15,22H,13H2,1-4H3,(H,23,27)/t15-/m1/s1. The van der Waals surface area contributed by atoms with Crippen LogP contribution in [-0.2, 0) is 18.4 Å². The van der Waals surface area contributed by atoms with E-state index in [-0.39, 0.29) is 11.2 Å². The number of ether oxygens (including phenoxy) is 1. The van der Waals surface area contributed by atoms with Crippen molar-refractivity contribution in [3.63, 3.8) is 0 Å². The van der Waals surface area contributed by atoms with Crippen LogP contribution in [0.1, 0.15) is 18.3 Å². The molecule has 2 aromatic carbocycles. The van der Waals surface area contributed by atoms with E-state index in [9.17, 15) is 4.79 Å². The van der Waals surface area contributed by atoms with Crippen LogP contribution in [0.2, 0.25) is 0 Å². The zero-order valence-corrected chi connectivity index (χ0v) is 17.8. The van der Waals surface area contributed by atoms with Gasteiger partial charge in [-0.2, -0.15) is 0 Å². The third-order valence-electron chi connectivity index (χ3n) is 4.52. The lowest BCUT2D eigenvalue weighted by Gasteiger charge is -2.13. The van der Waals surface area contributed by atoms with Crippen molar-refractivity contribution in [1.29, 1.82) is 0 Å². The quantitative estimate of drug-likeness (QED) is 0.548. The summed E-state index contributed by atoms with van der Waals surface area (Å²) in [6.45, 7) is 4.36. The SMILES string of the molecule is COc1ccc(NCc2nnc(S[C@H](C)C(=O)Nc3ccccc3C)n2C)cc1. The van der Waals surface area contributed by atoms with Crippen molar-refractivity contribution < 1.29 is 9.53 Å². The van der Waals surface area contributed by atoms with Crippen molar-refractivity contribution in [2.75, 3.05) is 17.7 Å². The number of hydrogen-bond acceptors (Lipinski definition) is 6. The summed E-state index contributed by atoms with van der Waals surface area (Å²) >= 11 is 1.38. The molecule has 1 heterocycles. The van der Waals surface area contributed by atoms with Crippen LogP contribution in [0.15, 0.2) is 53.7 Å². The predicted octanol–water partition coefficient (Wildman–Crippen LogP) is 3.86. The Morgan fingerprint density at radius 2 is 1.90 bits per heavy atom. The lowest BCUT2D eigenvalue weighted by atomic mass is 10.2. The topological polar surface area (TPSA) is 81.1 Å². The lowest BCUT2D eigenvalue weighted by molar-refractivity contribution is -0.115. The summed E-state index contributed by atoms with van der Waals surface area (Å²) in [5.74, 6) is 1.53. The van der Waals surface area contributed by atoms with Crippen LogP contribution in [0.25, 0.3) is 0 Å². The Labute approximate surface area is 174 Å². The smallest absolute Gasteiger partial charge is 0.237 e. The van der Waals surface area contributed by atoms with Crippen LogP contribution in [0, 0.1) is 6.92 Å². The van der Waals surface area contributed by atoms with Crippen molar-refractivity contribution in [2.45, 2.75) is 30.8 Å². The maximum Gasteiger partial charge on any atom is 0.237 e. The maximum atomic E-state index is 12.5. The normalized spacial score (nSPS) is 11.7. The van der Waals surface area contributed by atoms with E-state index in [1.54, 1.807) is 7.11 Å². The highest BCUT2D eigenvalue weighted by Crippen LogP contribution is 2.24. The first kappa shape index (κ1) is 20.7. The van der Waals surface area contributed by atoms with E-state index in [4.69, 9.17) is 4.74 Å². The average molecular weight is 412 g/mol. The van der Waals surface area contributed by atoms with E-state index in [0.717, 1.165) is 28.5 Å². The number of benzene rings is 2. The van der Waals surface area contributed by atoms with Crippen LogP contribution >= 0.6 is 11.8 Å². The van der Waals surface area contributed by atoms with Crippen LogP contribution in [0.3, 0.4) is 0 Å². The molecule has 0 fully saturated rings. The van der Waals surface area contributed by atoms with Crippen molar-refractivity contribution in [3.05, 3.63) is 59.9 Å². The number of carbonyl (C=O) groups is 1. The van der Waals surface area contributed by atoms with Gasteiger partial charge in [0.05, 0.1) is 18.9 Å². The van der Waals surface area contributed by atoms with Gasteiger partial charge in [-0.3, -0.25) is 4.79 Å². The Hall–Kier alpha value is -3.00. The zero-order chi connectivity index (χ0) is 20.8. The molecule has 1 amide bonds. The molecule has 29 heavy (non-hydrogen) atoms. The van der Waals surface area contributed by atoms with Crippen LogP contribution < -0.4 is 15.4 Å². The van der Waals surface area contributed by atoms with E-state index in [2.05, 4.69) is 20.8 Å². The molecule has 0 saturated carbocycles. The highest BCUT2D eigenvalue weighted by atomic mass is 32.2. The summed E-state index contributed by atoms with van der Waals surface area (Å²) in [5.41, 5.74) is 2.82. The first-order valence-corrected chi connectivity index (χ1v) is 10.1. The highest BCUT2D eigenvalue weighted by Gasteiger charge is 2.19. The minimum absolute atomic E-state index is 0.0646. The van der Waals surface area contributed by atoms with Gasteiger partial charge in [0.25, 0.3) is 0 Å². The van der Waals surface area contributed by atoms with E-state index in [1.165, 1.54) is 11.8 Å². The number of hydrogen-bond donors (Lipinski definition) is 2. The lowest BCUT2D eigenvalue weighted by Crippen LogP contribution is -2.23. The van der Waals surface area contributed by atoms with E-state index in [1.807, 2.05) is 74.0 Å². The van der Waals surface area contributed by atoms with E-state index in [0.29, 0.717) is 11.7 Å². The number of nitrogens with zero attached hydrogens (tertiary/aromatic N) is 3. The van der Waals surface area contributed by atoms with Gasteiger partial charge < -0.3 is 19.9 Å². The number of anilines is 2. The average Bonchev–Trinajstić information content (AvgIpc) is 3.07. The number of nitrogens with one attached hydrogen (secondary N) is 2. The van der Waals surface area contributed by atoms with Crippen molar-refractivity contribution in [3.8, 4) is 5.75 Å². The van der Waals surface area contributed by atoms with Crippen molar-refractivity contribution in [1.82, 2.24) is 14.8 Å². The molecule has 0 saturated heterocycles. The van der Waals surface area contributed by atoms with Crippen LogP contribution in [0.5, 0.6) is 5.75 Å². The Morgan fingerprint density at radius 1 is 1.17 bits per heavy atom. The molecule has 0 aliphatic carbocycles. The van der Waals surface area contributed by atoms with Gasteiger partial charge in [0.1, 0.15) is 5.75 Å². The van der Waals surface area contributed by atoms with Gasteiger partial charge in [-0.05, 0) is 49.7 Å². The Morgan fingerprint density at radius 3 is 2.59 bits per heavy atom. The van der Waals surface area contributed by atoms with E-state index >= 15 is 0 Å². The van der Waals surface area contributed by atoms with Gasteiger partial charge in [-0.15, -0.1) is 10.2 Å². The van der Waals surface area contributed by atoms with Crippen LogP contribution in [0.4, 0.5) is 11.4 Å². The molecule has 1 atom stereocenters. The fourth-order valence-corrected chi connectivity index (χ4v) is 3.48. The number of methoxy groups -OCH3 is 1. The van der Waals surface area contributed by atoms with Gasteiger partial charge in [0.2, 0.25) is 5.91 Å². The van der Waals surface area contributed by atoms with Gasteiger partial charge in [-0.25, -0.2) is 0 Å². The first-order valence-electron chi connectivity index (χ1n) is 9.27. The largest absolute Gasteiger partial charge is 0.497 e. The molecule has 3 aromatic rings. The number of carbonyl (C=O) groups excluding carboxylic acids is 1. The Balaban J connectivity index is 1.58. The summed E-state index contributed by atoms with van der Waals surface area (Å²) in [5, 5.41) is 15.2. The summed E-state index contributed by atoms with van der Waals surface area (Å²) < 4.78 is 7.07. The monoisotopic (exact) mass is 411 g/mol. The number of aryl methyl sites for hydroxylation is 1. The Bertz CT molecular complexity index is 971. The number of para-hydroxylation sites is 1. The molecule has 0 radical (unpaired) electrons. The van der Waals surface area contributed by atoms with Gasteiger partial charge >= 0.3 is 0 Å². The van der Waals surface area contributed by atoms with Crippen LogP contribution in [-0.4, -0.2) is 33.0 Å². The molecule has 1 aromatic heterocycles. The summed E-state index contributed by atoms with van der Waals surface area (Å²) in [7, 11) is 3.54. The summed E-state index contributed by atoms with van der Waals surface area (Å²) in [4.78, 5) is 12.5. The van der Waals surface area contributed by atoms with Gasteiger partial charge in [0, 0.05) is 18.4 Å². The first-order chi connectivity index (χ1) is 14.0. The third-order valence-corrected chi connectivity index (χ3v) is 5.65. The fourth-order valence-electron chi connectivity index (χ4n) is 2.65. The molecule has 3 rings (SSSR count). The molecule has 152 valence electrons. The summed E-state index contributed by atoms with van der Waals surface area (Å²) in [6.07, 6.45) is 0. The fraction of sp³-hybridized carbons (Fsp3) is 0.286. The van der Waals surface area contributed by atoms with Crippen molar-refractivity contribution >= 4 is 29.0 Å². The number of thioether (sulfide) groups is 1. The molecule has 0 unspecified atom stereocenters. The Kier molecular flexibility index (Phi) is 6.77. The maximum absolute atomic E-state index is 12.5. The molecular weight excluding hydrogens is 386 g/mol. The number of rotatable bonds is 8. The molecule has 7 nitrogen and oxygen atoms in total. The molecule has 0 bridgehead atoms. The van der Waals surface area contributed by atoms with Gasteiger partial charge in [0.15, 0.2) is 11.0 Å². The number of amides is 1. The second-order valence-electron chi connectivity index (χ2n) is 6.60. The molecule has 0 spiro atoms. The molecule has 0 aliphatic heterocycles. The summed E-state index contributed by atoms with van der Waals surface area (Å²) in [6, 6.07) is 15.4. The third kappa shape index (κ3) is 5.29. The number of aromatic nitrogens is 3. The van der Waals surface area contributed by atoms with Gasteiger partial charge in [-0.1, -0.05) is 30.0 Å². The molecule has 8 heteroatoms. The molecule has 2 N–H and O–H groups in total. The second-order valence-corrected chi connectivity index (χ2v) is 7.91. The zero-order valence-electron chi connectivity index (χ0n) is 17.0. The molecule has 0 aliphatic rings. The molecular formula is C21H25N5O2S. The van der Waals surface area contributed by atoms with E-state index < -0.39 is 0 Å². The minimum Gasteiger partial charge on any atom is -0.497 e. The minimum atomic E-state index is -0.306. The second kappa shape index (κ2) is 9.47.